The molecule has 0 fully saturated rings. The Balaban J connectivity index is 2.30. The molecule has 20 heavy (non-hydrogen) atoms. The lowest BCUT2D eigenvalue weighted by molar-refractivity contribution is 0.102. The lowest BCUT2D eigenvalue weighted by atomic mass is 10.1. The minimum absolute atomic E-state index is 0.193. The van der Waals surface area contributed by atoms with Crippen molar-refractivity contribution in [2.45, 2.75) is 6.92 Å². The summed E-state index contributed by atoms with van der Waals surface area (Å²) < 4.78 is 2.40. The molecule has 1 aromatic heterocycles. The molecule has 0 saturated carbocycles. The summed E-state index contributed by atoms with van der Waals surface area (Å²) in [7, 11) is 1.71. The van der Waals surface area contributed by atoms with Crippen LogP contribution < -0.4 is 11.1 Å². The Kier molecular flexibility index (Phi) is 4.20. The van der Waals surface area contributed by atoms with Crippen molar-refractivity contribution in [2.75, 3.05) is 5.32 Å². The Bertz CT molecular complexity index is 696. The quantitative estimate of drug-likeness (QED) is 0.831. The average Bonchev–Trinajstić information content (AvgIpc) is 2.74. The van der Waals surface area contributed by atoms with Crippen LogP contribution in [0.15, 0.2) is 28.9 Å². The predicted molar refractivity (Wildman–Crippen MR) is 85.9 cm³/mol. The molecule has 1 heterocycles. The third-order valence-electron chi connectivity index (χ3n) is 2.87. The number of amides is 1. The first-order valence-electron chi connectivity index (χ1n) is 5.79. The number of carbonyl (C=O) groups is 1. The molecule has 2 rings (SSSR count). The largest absolute Gasteiger partial charge is 0.389 e. The molecule has 0 radical (unpaired) electrons. The smallest absolute Gasteiger partial charge is 0.256 e. The second-order valence-electron chi connectivity index (χ2n) is 4.31. The Morgan fingerprint density at radius 3 is 2.80 bits per heavy atom. The molecule has 5 nitrogen and oxygen atoms in total. The second kappa shape index (κ2) is 5.72. The predicted octanol–water partition coefficient (Wildman–Crippen LogP) is 2.38. The number of thiocarbonyl (C=S) groups is 1. The van der Waals surface area contributed by atoms with E-state index in [1.165, 1.54) is 10.9 Å². The number of hydrogen-bond acceptors (Lipinski definition) is 3. The maximum atomic E-state index is 12.2. The minimum Gasteiger partial charge on any atom is -0.389 e. The minimum atomic E-state index is -0.244. The Morgan fingerprint density at radius 1 is 1.50 bits per heavy atom. The zero-order chi connectivity index (χ0) is 14.9. The van der Waals surface area contributed by atoms with Crippen molar-refractivity contribution in [3.63, 3.8) is 0 Å². The van der Waals surface area contributed by atoms with Gasteiger partial charge in [0.25, 0.3) is 5.91 Å². The highest BCUT2D eigenvalue weighted by Crippen LogP contribution is 2.19. The second-order valence-corrected chi connectivity index (χ2v) is 5.61. The number of nitrogens with one attached hydrogen (secondary N) is 1. The van der Waals surface area contributed by atoms with Crippen LogP contribution in [0, 0.1) is 6.92 Å². The average molecular weight is 353 g/mol. The summed E-state index contributed by atoms with van der Waals surface area (Å²) in [5, 5.41) is 6.82. The zero-order valence-corrected chi connectivity index (χ0v) is 13.4. The maximum Gasteiger partial charge on any atom is 0.256 e. The van der Waals surface area contributed by atoms with Crippen LogP contribution in [-0.2, 0) is 7.05 Å². The van der Waals surface area contributed by atoms with Gasteiger partial charge in [0.15, 0.2) is 0 Å². The number of rotatable bonds is 3. The Labute approximate surface area is 130 Å². The van der Waals surface area contributed by atoms with E-state index >= 15 is 0 Å². The van der Waals surface area contributed by atoms with Crippen LogP contribution in [0.5, 0.6) is 0 Å². The van der Waals surface area contributed by atoms with E-state index in [0.29, 0.717) is 16.9 Å². The van der Waals surface area contributed by atoms with E-state index in [4.69, 9.17) is 18.0 Å². The zero-order valence-electron chi connectivity index (χ0n) is 11.0. The first-order chi connectivity index (χ1) is 9.40. The van der Waals surface area contributed by atoms with E-state index < -0.39 is 0 Å². The molecule has 104 valence electrons. The van der Waals surface area contributed by atoms with Gasteiger partial charge in [0.2, 0.25) is 0 Å². The van der Waals surface area contributed by atoms with Crippen LogP contribution in [0.4, 0.5) is 5.82 Å². The van der Waals surface area contributed by atoms with Crippen LogP contribution in [0.25, 0.3) is 0 Å². The highest BCUT2D eigenvalue weighted by molar-refractivity contribution is 9.10. The summed E-state index contributed by atoms with van der Waals surface area (Å²) in [6.45, 7) is 1.96. The molecule has 0 saturated heterocycles. The van der Waals surface area contributed by atoms with Gasteiger partial charge in [0.1, 0.15) is 10.8 Å². The van der Waals surface area contributed by atoms with Crippen LogP contribution in [-0.4, -0.2) is 20.7 Å². The molecule has 0 bridgehead atoms. The lowest BCUT2D eigenvalue weighted by Gasteiger charge is -2.08. The molecular formula is C13H13BrN4OS. The van der Waals surface area contributed by atoms with Crippen LogP contribution >= 0.6 is 28.1 Å². The van der Waals surface area contributed by atoms with Gasteiger partial charge in [-0.3, -0.25) is 9.48 Å². The molecule has 0 aliphatic carbocycles. The summed E-state index contributed by atoms with van der Waals surface area (Å²) >= 11 is 8.34. The summed E-state index contributed by atoms with van der Waals surface area (Å²) in [6.07, 6.45) is 1.53. The van der Waals surface area contributed by atoms with Crippen molar-refractivity contribution in [2.24, 2.45) is 12.8 Å². The van der Waals surface area contributed by atoms with Gasteiger partial charge in [-0.2, -0.15) is 5.10 Å². The Hall–Kier alpha value is -1.73. The van der Waals surface area contributed by atoms with Gasteiger partial charge in [-0.15, -0.1) is 0 Å². The van der Waals surface area contributed by atoms with Gasteiger partial charge in [-0.05, 0) is 24.6 Å². The van der Waals surface area contributed by atoms with E-state index in [9.17, 15) is 4.79 Å². The van der Waals surface area contributed by atoms with Crippen molar-refractivity contribution < 1.29 is 4.79 Å². The van der Waals surface area contributed by atoms with Crippen LogP contribution in [0.1, 0.15) is 21.5 Å². The number of carbonyl (C=O) groups excluding carboxylic acids is 1. The number of halogens is 1. The fourth-order valence-corrected chi connectivity index (χ4v) is 2.21. The number of hydrogen-bond donors (Lipinski definition) is 2. The fraction of sp³-hybridized carbons (Fsp3) is 0.154. The molecule has 0 aliphatic heterocycles. The van der Waals surface area contributed by atoms with Crippen molar-refractivity contribution in [3.05, 3.63) is 45.6 Å². The van der Waals surface area contributed by atoms with Crippen LogP contribution in [0.2, 0.25) is 0 Å². The Morgan fingerprint density at radius 2 is 2.20 bits per heavy atom. The highest BCUT2D eigenvalue weighted by atomic mass is 79.9. The van der Waals surface area contributed by atoms with Crippen molar-refractivity contribution in [1.29, 1.82) is 0 Å². The van der Waals surface area contributed by atoms with Gasteiger partial charge in [-0.1, -0.05) is 34.2 Å². The van der Waals surface area contributed by atoms with Gasteiger partial charge >= 0.3 is 0 Å². The van der Waals surface area contributed by atoms with Gasteiger partial charge in [0.05, 0.1) is 11.8 Å². The summed E-state index contributed by atoms with van der Waals surface area (Å²) in [5.74, 6) is 0.242. The third-order valence-corrected chi connectivity index (χ3v) is 3.94. The van der Waals surface area contributed by atoms with Crippen LogP contribution in [0.3, 0.4) is 0 Å². The first-order valence-corrected chi connectivity index (χ1v) is 6.99. The first kappa shape index (κ1) is 14.7. The van der Waals surface area contributed by atoms with Gasteiger partial charge in [0, 0.05) is 17.1 Å². The number of anilines is 1. The summed E-state index contributed by atoms with van der Waals surface area (Å²) in [5.41, 5.74) is 7.75. The molecular weight excluding hydrogens is 340 g/mol. The molecule has 1 amide bonds. The molecule has 0 atom stereocenters. The molecule has 0 aliphatic rings. The number of aryl methyl sites for hydroxylation is 2. The van der Waals surface area contributed by atoms with E-state index in [-0.39, 0.29) is 10.9 Å². The summed E-state index contributed by atoms with van der Waals surface area (Å²) in [4.78, 5) is 12.4. The van der Waals surface area contributed by atoms with Gasteiger partial charge in [-0.25, -0.2) is 0 Å². The van der Waals surface area contributed by atoms with E-state index in [0.717, 1.165) is 10.0 Å². The number of aromatic nitrogens is 2. The van der Waals surface area contributed by atoms with E-state index in [1.54, 1.807) is 19.2 Å². The lowest BCUT2D eigenvalue weighted by Crippen LogP contribution is -2.18. The summed E-state index contributed by atoms with van der Waals surface area (Å²) in [6, 6.07) is 5.39. The SMILES string of the molecule is Cc1ccc(C(=O)Nc2c(C(N)=S)cnn2C)cc1Br. The number of nitrogens with two attached hydrogens (primary N) is 1. The standard InChI is InChI=1S/C13H13BrN4OS/c1-7-3-4-8(5-10(7)14)13(19)17-12-9(11(15)20)6-16-18(12)2/h3-6H,1-2H3,(H2,15,20)(H,17,19). The molecule has 7 heteroatoms. The highest BCUT2D eigenvalue weighted by Gasteiger charge is 2.15. The molecule has 0 spiro atoms. The number of nitrogens with zero attached hydrogens (tertiary/aromatic N) is 2. The van der Waals surface area contributed by atoms with E-state index in [1.807, 2.05) is 13.0 Å². The monoisotopic (exact) mass is 352 g/mol. The molecule has 1 aromatic carbocycles. The molecule has 0 unspecified atom stereocenters. The van der Waals surface area contributed by atoms with E-state index in [2.05, 4.69) is 26.3 Å². The normalized spacial score (nSPS) is 10.3. The molecule has 3 N–H and O–H groups in total. The maximum absolute atomic E-state index is 12.2. The third kappa shape index (κ3) is 2.88. The number of benzene rings is 1. The van der Waals surface area contributed by atoms with Crippen molar-refractivity contribution >= 4 is 44.9 Å². The molecule has 2 aromatic rings. The fourth-order valence-electron chi connectivity index (χ4n) is 1.68. The van der Waals surface area contributed by atoms with Gasteiger partial charge < -0.3 is 11.1 Å². The van der Waals surface area contributed by atoms with Crippen molar-refractivity contribution in [3.8, 4) is 0 Å². The topological polar surface area (TPSA) is 72.9 Å². The van der Waals surface area contributed by atoms with Crippen molar-refractivity contribution in [1.82, 2.24) is 9.78 Å².